The van der Waals surface area contributed by atoms with Gasteiger partial charge in [-0.2, -0.15) is 0 Å². The molecule has 0 saturated carbocycles. The quantitative estimate of drug-likeness (QED) is 0.891. The number of ether oxygens (including phenoxy) is 1. The summed E-state index contributed by atoms with van der Waals surface area (Å²) in [5.41, 5.74) is 6.03. The van der Waals surface area contributed by atoms with Crippen LogP contribution in [-0.4, -0.2) is 36.0 Å². The van der Waals surface area contributed by atoms with E-state index in [0.717, 1.165) is 12.0 Å². The van der Waals surface area contributed by atoms with Crippen LogP contribution < -0.4 is 5.73 Å². The number of carbonyl (C=O) groups excluding carboxylic acids is 1. The van der Waals surface area contributed by atoms with Crippen LogP contribution in [0.3, 0.4) is 0 Å². The van der Waals surface area contributed by atoms with Crippen molar-refractivity contribution in [3.63, 3.8) is 0 Å². The Hall–Kier alpha value is -0.880. The molecule has 0 aliphatic carbocycles. The fraction of sp³-hybridized carbons (Fsp3) is 0.562. The lowest BCUT2D eigenvalue weighted by Gasteiger charge is -2.37. The van der Waals surface area contributed by atoms with Gasteiger partial charge < -0.3 is 15.4 Å². The topological polar surface area (TPSA) is 55.6 Å². The first-order chi connectivity index (χ1) is 10.3. The third-order valence-corrected chi connectivity index (χ3v) is 4.22. The third-order valence-electron chi connectivity index (χ3n) is 3.93. The van der Waals surface area contributed by atoms with E-state index in [4.69, 9.17) is 22.1 Å². The van der Waals surface area contributed by atoms with Crippen LogP contribution in [-0.2, 0) is 9.53 Å². The number of hydrogen-bond acceptors (Lipinski definition) is 3. The molecule has 0 spiro atoms. The molecule has 1 aliphatic rings. The van der Waals surface area contributed by atoms with Gasteiger partial charge in [0, 0.05) is 6.54 Å². The lowest BCUT2D eigenvalue weighted by atomic mass is 9.95. The van der Waals surface area contributed by atoms with Gasteiger partial charge in [-0.05, 0) is 31.0 Å². The molecule has 0 aromatic heterocycles. The van der Waals surface area contributed by atoms with Crippen molar-refractivity contribution in [3.05, 3.63) is 34.6 Å². The number of amides is 1. The molecule has 2 rings (SSSR count). The summed E-state index contributed by atoms with van der Waals surface area (Å²) in [4.78, 5) is 14.3. The maximum atomic E-state index is 13.3. The zero-order valence-electron chi connectivity index (χ0n) is 13.4. The molecular formula is C16H23Cl2FN2O2. The maximum absolute atomic E-state index is 13.3. The van der Waals surface area contributed by atoms with E-state index in [2.05, 4.69) is 0 Å². The normalized spacial score (nSPS) is 20.6. The summed E-state index contributed by atoms with van der Waals surface area (Å²) in [5, 5.41) is 0.0548. The second-order valence-corrected chi connectivity index (χ2v) is 6.36. The zero-order chi connectivity index (χ0) is 16.3. The van der Waals surface area contributed by atoms with Gasteiger partial charge in [0.05, 0.1) is 23.7 Å². The van der Waals surface area contributed by atoms with Crippen molar-refractivity contribution >= 4 is 29.9 Å². The van der Waals surface area contributed by atoms with Crippen LogP contribution in [0, 0.1) is 5.82 Å². The van der Waals surface area contributed by atoms with E-state index in [1.54, 1.807) is 24.0 Å². The van der Waals surface area contributed by atoms with E-state index in [0.29, 0.717) is 26.1 Å². The van der Waals surface area contributed by atoms with Crippen molar-refractivity contribution in [1.29, 1.82) is 0 Å². The number of hydrogen-bond donors (Lipinski definition) is 1. The average Bonchev–Trinajstić information content (AvgIpc) is 2.49. The monoisotopic (exact) mass is 364 g/mol. The second kappa shape index (κ2) is 8.29. The second-order valence-electron chi connectivity index (χ2n) is 5.95. The molecule has 23 heavy (non-hydrogen) atoms. The highest BCUT2D eigenvalue weighted by atomic mass is 35.5. The summed E-state index contributed by atoms with van der Waals surface area (Å²) in [6.07, 6.45) is 1.17. The van der Waals surface area contributed by atoms with Gasteiger partial charge in [-0.1, -0.05) is 31.0 Å². The van der Waals surface area contributed by atoms with Crippen LogP contribution in [0.5, 0.6) is 0 Å². The van der Waals surface area contributed by atoms with E-state index >= 15 is 0 Å². The molecule has 1 heterocycles. The first-order valence-electron chi connectivity index (χ1n) is 7.50. The lowest BCUT2D eigenvalue weighted by molar-refractivity contribution is -0.144. The van der Waals surface area contributed by atoms with E-state index in [-0.39, 0.29) is 29.4 Å². The van der Waals surface area contributed by atoms with Crippen molar-refractivity contribution in [2.45, 2.75) is 38.3 Å². The number of nitrogens with zero attached hydrogens (tertiary/aromatic N) is 1. The molecule has 1 fully saturated rings. The van der Waals surface area contributed by atoms with Crippen LogP contribution in [0.25, 0.3) is 0 Å². The Kier molecular flexibility index (Phi) is 7.27. The number of halogens is 3. The predicted octanol–water partition coefficient (Wildman–Crippen LogP) is 3.32. The minimum Gasteiger partial charge on any atom is -0.370 e. The van der Waals surface area contributed by atoms with Gasteiger partial charge >= 0.3 is 0 Å². The lowest BCUT2D eigenvalue weighted by Crippen LogP contribution is -2.56. The van der Waals surface area contributed by atoms with Gasteiger partial charge in [0.2, 0.25) is 5.91 Å². The first kappa shape index (κ1) is 20.2. The highest BCUT2D eigenvalue weighted by Gasteiger charge is 2.35. The van der Waals surface area contributed by atoms with Gasteiger partial charge in [-0.3, -0.25) is 4.79 Å². The number of benzene rings is 1. The SMILES string of the molecule is CCCC(C)(N)C(=O)N1CCOC(c2ccc(F)c(Cl)c2)C1.Cl. The summed E-state index contributed by atoms with van der Waals surface area (Å²) in [7, 11) is 0. The Labute approximate surface area is 147 Å². The summed E-state index contributed by atoms with van der Waals surface area (Å²) < 4.78 is 19.0. The third kappa shape index (κ3) is 4.80. The largest absolute Gasteiger partial charge is 0.370 e. The van der Waals surface area contributed by atoms with Crippen molar-refractivity contribution < 1.29 is 13.9 Å². The minimum atomic E-state index is -0.864. The molecule has 1 amide bonds. The average molecular weight is 365 g/mol. The summed E-state index contributed by atoms with van der Waals surface area (Å²) in [6.45, 7) is 5.10. The maximum Gasteiger partial charge on any atom is 0.242 e. The molecule has 2 unspecified atom stereocenters. The fourth-order valence-corrected chi connectivity index (χ4v) is 2.92. The van der Waals surface area contributed by atoms with Gasteiger partial charge in [-0.15, -0.1) is 12.4 Å². The van der Waals surface area contributed by atoms with E-state index in [1.165, 1.54) is 6.07 Å². The standard InChI is InChI=1S/C16H22ClFN2O2.ClH/c1-3-6-16(2,19)15(21)20-7-8-22-14(10-20)11-4-5-13(18)12(17)9-11;/h4-5,9,14H,3,6-8,10,19H2,1-2H3;1H. The molecule has 0 bridgehead atoms. The van der Waals surface area contributed by atoms with Gasteiger partial charge in [0.25, 0.3) is 0 Å². The summed E-state index contributed by atoms with van der Waals surface area (Å²) in [6, 6.07) is 4.49. The van der Waals surface area contributed by atoms with Gasteiger partial charge in [0.1, 0.15) is 11.9 Å². The van der Waals surface area contributed by atoms with Crippen molar-refractivity contribution in [1.82, 2.24) is 4.90 Å². The van der Waals surface area contributed by atoms with Crippen LogP contribution in [0.2, 0.25) is 5.02 Å². The number of morpholine rings is 1. The molecule has 7 heteroatoms. The Morgan fingerprint density at radius 2 is 2.26 bits per heavy atom. The van der Waals surface area contributed by atoms with E-state index in [1.807, 2.05) is 6.92 Å². The van der Waals surface area contributed by atoms with Crippen LogP contribution >= 0.6 is 24.0 Å². The van der Waals surface area contributed by atoms with Crippen LogP contribution in [0.1, 0.15) is 38.4 Å². The van der Waals surface area contributed by atoms with Crippen LogP contribution in [0.4, 0.5) is 4.39 Å². The predicted molar refractivity (Wildman–Crippen MR) is 91.4 cm³/mol. The highest BCUT2D eigenvalue weighted by molar-refractivity contribution is 6.30. The molecule has 130 valence electrons. The molecule has 1 aliphatic heterocycles. The van der Waals surface area contributed by atoms with Crippen molar-refractivity contribution in [3.8, 4) is 0 Å². The molecule has 2 N–H and O–H groups in total. The Morgan fingerprint density at radius 1 is 1.57 bits per heavy atom. The van der Waals surface area contributed by atoms with E-state index in [9.17, 15) is 9.18 Å². The number of rotatable bonds is 4. The molecule has 1 saturated heterocycles. The van der Waals surface area contributed by atoms with Crippen molar-refractivity contribution in [2.75, 3.05) is 19.7 Å². The molecule has 4 nitrogen and oxygen atoms in total. The molecule has 2 atom stereocenters. The Balaban J connectivity index is 0.00000264. The van der Waals surface area contributed by atoms with Gasteiger partial charge in [-0.25, -0.2) is 4.39 Å². The Bertz CT molecular complexity index is 555. The highest BCUT2D eigenvalue weighted by Crippen LogP contribution is 2.27. The van der Waals surface area contributed by atoms with Crippen LogP contribution in [0.15, 0.2) is 18.2 Å². The minimum absolute atomic E-state index is 0. The smallest absolute Gasteiger partial charge is 0.242 e. The summed E-state index contributed by atoms with van der Waals surface area (Å²) in [5.74, 6) is -0.539. The number of nitrogens with two attached hydrogens (primary N) is 1. The molecular weight excluding hydrogens is 342 g/mol. The van der Waals surface area contributed by atoms with E-state index < -0.39 is 11.4 Å². The fourth-order valence-electron chi connectivity index (χ4n) is 2.74. The summed E-state index contributed by atoms with van der Waals surface area (Å²) >= 11 is 5.81. The zero-order valence-corrected chi connectivity index (χ0v) is 14.9. The molecule has 0 radical (unpaired) electrons. The van der Waals surface area contributed by atoms with Gasteiger partial charge in [0.15, 0.2) is 0 Å². The molecule has 1 aromatic rings. The Morgan fingerprint density at radius 3 is 2.87 bits per heavy atom. The number of carbonyl (C=O) groups is 1. The molecule has 1 aromatic carbocycles. The van der Waals surface area contributed by atoms with Crippen molar-refractivity contribution in [2.24, 2.45) is 5.73 Å². The first-order valence-corrected chi connectivity index (χ1v) is 7.87.